The van der Waals surface area contributed by atoms with Crippen molar-refractivity contribution in [1.29, 1.82) is 0 Å². The van der Waals surface area contributed by atoms with Gasteiger partial charge in [0.1, 0.15) is 0 Å². The summed E-state index contributed by atoms with van der Waals surface area (Å²) in [7, 11) is 0. The van der Waals surface area contributed by atoms with Crippen LogP contribution in [0.2, 0.25) is 0 Å². The zero-order valence-electron chi connectivity index (χ0n) is 13.3. The normalized spacial score (nSPS) is 12.2. The molecule has 0 fully saturated rings. The lowest BCUT2D eigenvalue weighted by atomic mass is 10.0. The molecule has 0 heterocycles. The molecule has 2 nitrogen and oxygen atoms in total. The fraction of sp³-hybridized carbons (Fsp3) is 0.368. The average molecular weight is 282 g/mol. The summed E-state index contributed by atoms with van der Waals surface area (Å²) in [6.07, 6.45) is 0.964. The zero-order valence-corrected chi connectivity index (χ0v) is 13.3. The van der Waals surface area contributed by atoms with Gasteiger partial charge in [-0.15, -0.1) is 0 Å². The number of aryl methyl sites for hydroxylation is 2. The predicted octanol–water partition coefficient (Wildman–Crippen LogP) is 4.22. The van der Waals surface area contributed by atoms with E-state index < -0.39 is 0 Å². The van der Waals surface area contributed by atoms with Crippen LogP contribution in [0.1, 0.15) is 36.1 Å². The smallest absolute Gasteiger partial charge is 0.0395 e. The van der Waals surface area contributed by atoms with Gasteiger partial charge in [0.2, 0.25) is 0 Å². The molecule has 2 aromatic carbocycles. The highest BCUT2D eigenvalue weighted by Crippen LogP contribution is 2.21. The maximum Gasteiger partial charge on any atom is 0.0395 e. The lowest BCUT2D eigenvalue weighted by Gasteiger charge is -2.26. The Hall–Kier alpha value is -1.80. The van der Waals surface area contributed by atoms with Crippen LogP contribution in [0.15, 0.2) is 48.5 Å². The molecule has 0 radical (unpaired) electrons. The Labute approximate surface area is 128 Å². The highest BCUT2D eigenvalue weighted by molar-refractivity contribution is 5.52. The summed E-state index contributed by atoms with van der Waals surface area (Å²) in [5, 5.41) is 0. The molecule has 0 aliphatic carbocycles. The second-order valence-corrected chi connectivity index (χ2v) is 5.67. The van der Waals surface area contributed by atoms with Crippen molar-refractivity contribution in [2.45, 2.75) is 33.2 Å². The average Bonchev–Trinajstić information content (AvgIpc) is 2.50. The molecule has 112 valence electrons. The standard InChI is InChI=1S/C19H26N2/c1-4-21(19-8-6-5-7-16(19)3)14-13-18(20)17-11-9-15(2)10-12-17/h5-12,18H,4,13-14,20H2,1-3H3. The SMILES string of the molecule is CCN(CCC(N)c1ccc(C)cc1)c1ccccc1C. The summed E-state index contributed by atoms with van der Waals surface area (Å²) in [5.74, 6) is 0. The molecule has 0 saturated heterocycles. The van der Waals surface area contributed by atoms with Gasteiger partial charge in [0.05, 0.1) is 0 Å². The van der Waals surface area contributed by atoms with Gasteiger partial charge >= 0.3 is 0 Å². The number of para-hydroxylation sites is 1. The third kappa shape index (κ3) is 4.08. The molecule has 0 bridgehead atoms. The van der Waals surface area contributed by atoms with Gasteiger partial charge in [-0.25, -0.2) is 0 Å². The Morgan fingerprint density at radius 3 is 2.29 bits per heavy atom. The molecule has 2 aromatic rings. The predicted molar refractivity (Wildman–Crippen MR) is 91.8 cm³/mol. The molecule has 0 spiro atoms. The quantitative estimate of drug-likeness (QED) is 0.859. The van der Waals surface area contributed by atoms with E-state index in [4.69, 9.17) is 5.73 Å². The third-order valence-electron chi connectivity index (χ3n) is 4.05. The van der Waals surface area contributed by atoms with E-state index in [1.54, 1.807) is 0 Å². The Kier molecular flexibility index (Phi) is 5.40. The Morgan fingerprint density at radius 2 is 1.67 bits per heavy atom. The van der Waals surface area contributed by atoms with Gasteiger partial charge in [0.15, 0.2) is 0 Å². The topological polar surface area (TPSA) is 29.3 Å². The van der Waals surface area contributed by atoms with Gasteiger partial charge in [0, 0.05) is 24.8 Å². The van der Waals surface area contributed by atoms with Crippen LogP contribution in [0.4, 0.5) is 5.69 Å². The van der Waals surface area contributed by atoms with Crippen molar-refractivity contribution in [2.24, 2.45) is 5.73 Å². The van der Waals surface area contributed by atoms with Gasteiger partial charge in [-0.3, -0.25) is 0 Å². The van der Waals surface area contributed by atoms with Crippen molar-refractivity contribution in [3.8, 4) is 0 Å². The van der Waals surface area contributed by atoms with Gasteiger partial charge in [-0.2, -0.15) is 0 Å². The van der Waals surface area contributed by atoms with Gasteiger partial charge < -0.3 is 10.6 Å². The van der Waals surface area contributed by atoms with E-state index in [1.807, 2.05) is 0 Å². The highest BCUT2D eigenvalue weighted by atomic mass is 15.1. The number of nitrogens with zero attached hydrogens (tertiary/aromatic N) is 1. The minimum absolute atomic E-state index is 0.101. The fourth-order valence-corrected chi connectivity index (χ4v) is 2.64. The zero-order chi connectivity index (χ0) is 15.2. The van der Waals surface area contributed by atoms with E-state index in [-0.39, 0.29) is 6.04 Å². The van der Waals surface area contributed by atoms with Crippen LogP contribution in [0.5, 0.6) is 0 Å². The number of rotatable bonds is 6. The summed E-state index contributed by atoms with van der Waals surface area (Å²) < 4.78 is 0. The van der Waals surface area contributed by atoms with Crippen LogP contribution < -0.4 is 10.6 Å². The second kappa shape index (κ2) is 7.28. The molecule has 2 rings (SSSR count). The molecule has 1 atom stereocenters. The van der Waals surface area contributed by atoms with E-state index in [2.05, 4.69) is 74.2 Å². The van der Waals surface area contributed by atoms with Crippen molar-refractivity contribution >= 4 is 5.69 Å². The van der Waals surface area contributed by atoms with Crippen LogP contribution in [0.3, 0.4) is 0 Å². The maximum absolute atomic E-state index is 6.34. The number of anilines is 1. The first-order valence-corrected chi connectivity index (χ1v) is 7.74. The number of nitrogens with two attached hydrogens (primary N) is 1. The first-order chi connectivity index (χ1) is 10.1. The van der Waals surface area contributed by atoms with Crippen LogP contribution in [0, 0.1) is 13.8 Å². The van der Waals surface area contributed by atoms with Crippen molar-refractivity contribution < 1.29 is 0 Å². The number of hydrogen-bond acceptors (Lipinski definition) is 2. The van der Waals surface area contributed by atoms with E-state index >= 15 is 0 Å². The molecule has 0 aliphatic rings. The van der Waals surface area contributed by atoms with Crippen molar-refractivity contribution in [2.75, 3.05) is 18.0 Å². The summed E-state index contributed by atoms with van der Waals surface area (Å²) >= 11 is 0. The first kappa shape index (κ1) is 15.6. The van der Waals surface area contributed by atoms with Crippen molar-refractivity contribution in [1.82, 2.24) is 0 Å². The number of hydrogen-bond donors (Lipinski definition) is 1. The second-order valence-electron chi connectivity index (χ2n) is 5.67. The molecule has 2 N–H and O–H groups in total. The Morgan fingerprint density at radius 1 is 1.00 bits per heavy atom. The first-order valence-electron chi connectivity index (χ1n) is 7.74. The molecule has 1 unspecified atom stereocenters. The number of benzene rings is 2. The van der Waals surface area contributed by atoms with E-state index in [1.165, 1.54) is 22.4 Å². The highest BCUT2D eigenvalue weighted by Gasteiger charge is 2.11. The maximum atomic E-state index is 6.34. The van der Waals surface area contributed by atoms with E-state index in [9.17, 15) is 0 Å². The molecule has 21 heavy (non-hydrogen) atoms. The lowest BCUT2D eigenvalue weighted by Crippen LogP contribution is -2.27. The van der Waals surface area contributed by atoms with Gasteiger partial charge in [-0.1, -0.05) is 48.0 Å². The summed E-state index contributed by atoms with van der Waals surface area (Å²) in [6.45, 7) is 8.45. The molecule has 0 amide bonds. The van der Waals surface area contributed by atoms with Crippen molar-refractivity contribution in [3.05, 3.63) is 65.2 Å². The van der Waals surface area contributed by atoms with E-state index in [0.29, 0.717) is 0 Å². The monoisotopic (exact) mass is 282 g/mol. The molecule has 0 saturated carbocycles. The van der Waals surface area contributed by atoms with E-state index in [0.717, 1.165) is 19.5 Å². The van der Waals surface area contributed by atoms with Gasteiger partial charge in [0.25, 0.3) is 0 Å². The van der Waals surface area contributed by atoms with Crippen LogP contribution >= 0.6 is 0 Å². The molecular formula is C19H26N2. The van der Waals surface area contributed by atoms with Crippen molar-refractivity contribution in [3.63, 3.8) is 0 Å². The summed E-state index contributed by atoms with van der Waals surface area (Å²) in [5.41, 5.74) is 11.5. The molecule has 0 aromatic heterocycles. The minimum atomic E-state index is 0.101. The van der Waals surface area contributed by atoms with Crippen LogP contribution in [-0.4, -0.2) is 13.1 Å². The van der Waals surface area contributed by atoms with Crippen LogP contribution in [-0.2, 0) is 0 Å². The molecular weight excluding hydrogens is 256 g/mol. The minimum Gasteiger partial charge on any atom is -0.372 e. The fourth-order valence-electron chi connectivity index (χ4n) is 2.64. The lowest BCUT2D eigenvalue weighted by molar-refractivity contribution is 0.631. The summed E-state index contributed by atoms with van der Waals surface area (Å²) in [4.78, 5) is 2.41. The van der Waals surface area contributed by atoms with Gasteiger partial charge in [-0.05, 0) is 44.4 Å². The Balaban J connectivity index is 2.00. The largest absolute Gasteiger partial charge is 0.372 e. The van der Waals surface area contributed by atoms with Crippen LogP contribution in [0.25, 0.3) is 0 Å². The third-order valence-corrected chi connectivity index (χ3v) is 4.05. The molecule has 2 heteroatoms. The Bertz CT molecular complexity index is 560. The summed E-state index contributed by atoms with van der Waals surface area (Å²) in [6, 6.07) is 17.2. The molecule has 0 aliphatic heterocycles.